The smallest absolute Gasteiger partial charge is 0.264 e. The van der Waals surface area contributed by atoms with Crippen molar-refractivity contribution >= 4 is 32.3 Å². The van der Waals surface area contributed by atoms with E-state index in [1.54, 1.807) is 30.5 Å². The van der Waals surface area contributed by atoms with Crippen molar-refractivity contribution in [3.8, 4) is 0 Å². The highest BCUT2D eigenvalue weighted by atomic mass is 32.2. The van der Waals surface area contributed by atoms with E-state index < -0.39 is 27.7 Å². The molecule has 2 heterocycles. The van der Waals surface area contributed by atoms with Crippen LogP contribution < -0.4 is 4.72 Å². The first-order valence-electron chi connectivity index (χ1n) is 12.8. The summed E-state index contributed by atoms with van der Waals surface area (Å²) in [4.78, 5) is 8.61. The number of aromatic nitrogens is 1. The van der Waals surface area contributed by atoms with Gasteiger partial charge in [-0.1, -0.05) is 43.0 Å². The topological polar surface area (TPSA) is 65.5 Å². The van der Waals surface area contributed by atoms with Gasteiger partial charge in [-0.3, -0.25) is 14.6 Å². The Hall–Kier alpha value is -3.82. The maximum Gasteiger partial charge on any atom is 0.264 e. The van der Waals surface area contributed by atoms with Crippen molar-refractivity contribution in [2.45, 2.75) is 30.8 Å². The quantitative estimate of drug-likeness (QED) is 0.305. The van der Waals surface area contributed by atoms with Gasteiger partial charge in [0, 0.05) is 60.2 Å². The number of hydrogen-bond donors (Lipinski definition) is 1. The lowest BCUT2D eigenvalue weighted by Crippen LogP contribution is -2.51. The van der Waals surface area contributed by atoms with Crippen LogP contribution in [0.2, 0.25) is 0 Å². The summed E-state index contributed by atoms with van der Waals surface area (Å²) in [6, 6.07) is 19.3. The van der Waals surface area contributed by atoms with Gasteiger partial charge >= 0.3 is 0 Å². The molecule has 1 saturated heterocycles. The van der Waals surface area contributed by atoms with Crippen LogP contribution >= 0.6 is 0 Å². The van der Waals surface area contributed by atoms with E-state index in [2.05, 4.69) is 33.0 Å². The second-order valence-corrected chi connectivity index (χ2v) is 11.5. The molecule has 4 aromatic rings. The van der Waals surface area contributed by atoms with Crippen molar-refractivity contribution in [3.05, 3.63) is 108 Å². The minimum atomic E-state index is -3.85. The van der Waals surface area contributed by atoms with E-state index in [4.69, 9.17) is 0 Å². The summed E-state index contributed by atoms with van der Waals surface area (Å²) in [6.45, 7) is 10.0. The molecule has 0 aliphatic carbocycles. The van der Waals surface area contributed by atoms with Gasteiger partial charge in [-0.25, -0.2) is 17.2 Å². The number of rotatable bonds is 7. The number of para-hydroxylation sites is 1. The zero-order chi connectivity index (χ0) is 27.7. The van der Waals surface area contributed by atoms with E-state index in [-0.39, 0.29) is 16.5 Å². The summed E-state index contributed by atoms with van der Waals surface area (Å²) in [7, 11) is -3.85. The third-order valence-electron chi connectivity index (χ3n) is 7.33. The lowest BCUT2D eigenvalue weighted by molar-refractivity contribution is 0.0938. The summed E-state index contributed by atoms with van der Waals surface area (Å²) >= 11 is 0. The molecule has 5 rings (SSSR count). The molecule has 1 aliphatic rings. The molecular weight excluding hydrogens is 518 g/mol. The van der Waals surface area contributed by atoms with E-state index >= 15 is 0 Å². The molecule has 6 nitrogen and oxygen atoms in total. The molecule has 1 aromatic heterocycles. The Kier molecular flexibility index (Phi) is 7.38. The van der Waals surface area contributed by atoms with Crippen LogP contribution in [0.1, 0.15) is 31.0 Å². The minimum absolute atomic E-state index is 0.0561. The van der Waals surface area contributed by atoms with Gasteiger partial charge in [-0.05, 0) is 55.8 Å². The number of nitrogens with one attached hydrogen (secondary N) is 1. The Morgan fingerprint density at radius 1 is 1.00 bits per heavy atom. The second kappa shape index (κ2) is 10.7. The molecule has 2 atom stereocenters. The van der Waals surface area contributed by atoms with Crippen LogP contribution in [0.15, 0.2) is 90.5 Å². The van der Waals surface area contributed by atoms with Crippen LogP contribution in [0.5, 0.6) is 0 Å². The zero-order valence-corrected chi connectivity index (χ0v) is 22.6. The summed E-state index contributed by atoms with van der Waals surface area (Å²) in [5.74, 6) is -1.07. The maximum atomic E-state index is 14.3. The maximum absolute atomic E-state index is 14.3. The predicted molar refractivity (Wildman–Crippen MR) is 151 cm³/mol. The Bertz CT molecular complexity index is 1600. The standard InChI is InChI=1S/C30H30F2N4O2S/c1-20-19-35(22(3)29-26(31)9-5-10-27(29)32)17-18-36(20)21(2)23-12-14-25(15-13-23)34-39(37,38)28-11-4-7-24-8-6-16-33-30(24)28/h4-16,20,22,34H,2,17-19H2,1,3H3. The van der Waals surface area contributed by atoms with Crippen LogP contribution in [-0.4, -0.2) is 48.9 Å². The van der Waals surface area contributed by atoms with Gasteiger partial charge in [0.1, 0.15) is 16.5 Å². The summed E-state index contributed by atoms with van der Waals surface area (Å²) in [5, 5.41) is 0.745. The average molecular weight is 549 g/mol. The van der Waals surface area contributed by atoms with E-state index in [1.165, 1.54) is 24.3 Å². The highest BCUT2D eigenvalue weighted by molar-refractivity contribution is 7.93. The predicted octanol–water partition coefficient (Wildman–Crippen LogP) is 6.05. The fourth-order valence-corrected chi connectivity index (χ4v) is 6.47. The SMILES string of the molecule is C=C(c1ccc(NS(=O)(=O)c2cccc3cccnc23)cc1)N1CCN(C(C)c2c(F)cccc2F)CC1C. The van der Waals surface area contributed by atoms with E-state index in [0.717, 1.165) is 16.6 Å². The highest BCUT2D eigenvalue weighted by Gasteiger charge is 2.30. The first kappa shape index (κ1) is 26.8. The zero-order valence-electron chi connectivity index (χ0n) is 21.8. The number of hydrogen-bond acceptors (Lipinski definition) is 5. The molecule has 202 valence electrons. The van der Waals surface area contributed by atoms with Gasteiger partial charge in [0.2, 0.25) is 0 Å². The van der Waals surface area contributed by atoms with Gasteiger partial charge in [-0.15, -0.1) is 0 Å². The van der Waals surface area contributed by atoms with E-state index in [9.17, 15) is 17.2 Å². The molecular formula is C30H30F2N4O2S. The summed E-state index contributed by atoms with van der Waals surface area (Å²) in [5.41, 5.74) is 2.60. The molecule has 0 radical (unpaired) electrons. The molecule has 0 spiro atoms. The Morgan fingerprint density at radius 2 is 1.67 bits per heavy atom. The van der Waals surface area contributed by atoms with Crippen molar-refractivity contribution in [1.29, 1.82) is 0 Å². The van der Waals surface area contributed by atoms with Gasteiger partial charge in [0.15, 0.2) is 0 Å². The van der Waals surface area contributed by atoms with Crippen LogP contribution in [0.25, 0.3) is 16.6 Å². The molecule has 1 aliphatic heterocycles. The first-order chi connectivity index (χ1) is 18.7. The molecule has 1 fully saturated rings. The lowest BCUT2D eigenvalue weighted by atomic mass is 10.0. The van der Waals surface area contributed by atoms with Crippen molar-refractivity contribution in [1.82, 2.24) is 14.8 Å². The highest BCUT2D eigenvalue weighted by Crippen LogP contribution is 2.31. The second-order valence-electron chi connectivity index (χ2n) is 9.81. The van der Waals surface area contributed by atoms with Crippen LogP contribution in [0, 0.1) is 11.6 Å². The monoisotopic (exact) mass is 548 g/mol. The van der Waals surface area contributed by atoms with Gasteiger partial charge < -0.3 is 4.90 Å². The van der Waals surface area contributed by atoms with Crippen LogP contribution in [0.4, 0.5) is 14.5 Å². The number of fused-ring (bicyclic) bond motifs is 1. The summed E-state index contributed by atoms with van der Waals surface area (Å²) in [6.07, 6.45) is 1.57. The molecule has 0 saturated carbocycles. The first-order valence-corrected chi connectivity index (χ1v) is 14.2. The van der Waals surface area contributed by atoms with Crippen molar-refractivity contribution < 1.29 is 17.2 Å². The number of sulfonamides is 1. The van der Waals surface area contributed by atoms with E-state index in [0.29, 0.717) is 30.8 Å². The Labute approximate surface area is 227 Å². The van der Waals surface area contributed by atoms with Crippen LogP contribution in [-0.2, 0) is 10.0 Å². The van der Waals surface area contributed by atoms with Crippen LogP contribution in [0.3, 0.4) is 0 Å². The summed E-state index contributed by atoms with van der Waals surface area (Å²) < 4.78 is 57.6. The molecule has 0 amide bonds. The largest absolute Gasteiger partial charge is 0.366 e. The number of nitrogens with zero attached hydrogens (tertiary/aromatic N) is 3. The van der Waals surface area contributed by atoms with Gasteiger partial charge in [0.25, 0.3) is 10.0 Å². The molecule has 39 heavy (non-hydrogen) atoms. The van der Waals surface area contributed by atoms with Crippen molar-refractivity contribution in [3.63, 3.8) is 0 Å². The number of piperazine rings is 1. The number of benzene rings is 3. The number of pyridine rings is 1. The molecule has 0 bridgehead atoms. The third-order valence-corrected chi connectivity index (χ3v) is 8.74. The normalized spacial score (nSPS) is 17.2. The van der Waals surface area contributed by atoms with Gasteiger partial charge in [-0.2, -0.15) is 0 Å². The van der Waals surface area contributed by atoms with E-state index in [1.807, 2.05) is 31.2 Å². The lowest BCUT2D eigenvalue weighted by Gasteiger charge is -2.44. The molecule has 2 unspecified atom stereocenters. The number of anilines is 1. The Morgan fingerprint density at radius 3 is 2.36 bits per heavy atom. The average Bonchev–Trinajstić information content (AvgIpc) is 2.92. The molecule has 9 heteroatoms. The van der Waals surface area contributed by atoms with Crippen molar-refractivity contribution in [2.24, 2.45) is 0 Å². The number of halogens is 2. The Balaban J connectivity index is 1.26. The molecule has 1 N–H and O–H groups in total. The van der Waals surface area contributed by atoms with Gasteiger partial charge in [0.05, 0.1) is 5.52 Å². The fourth-order valence-electron chi connectivity index (χ4n) is 5.23. The fraction of sp³-hybridized carbons (Fsp3) is 0.233. The van der Waals surface area contributed by atoms with Crippen molar-refractivity contribution in [2.75, 3.05) is 24.4 Å². The molecule has 3 aromatic carbocycles. The third kappa shape index (κ3) is 5.37. The minimum Gasteiger partial charge on any atom is -0.366 e.